The summed E-state index contributed by atoms with van der Waals surface area (Å²) in [6.45, 7) is 4.49. The van der Waals surface area contributed by atoms with Gasteiger partial charge in [0.15, 0.2) is 0 Å². The molecule has 37 heavy (non-hydrogen) atoms. The van der Waals surface area contributed by atoms with E-state index in [1.165, 1.54) is 51.4 Å². The average molecular weight is 528 g/mol. The highest BCUT2D eigenvalue weighted by Crippen LogP contribution is 2.26. The second-order valence-electron chi connectivity index (χ2n) is 10.5. The molecule has 0 aliphatic carbocycles. The first-order valence-electron chi connectivity index (χ1n) is 14.7. The van der Waals surface area contributed by atoms with Gasteiger partial charge in [0, 0.05) is 12.8 Å². The monoisotopic (exact) mass is 527 g/mol. The van der Waals surface area contributed by atoms with Crippen LogP contribution in [0.25, 0.3) is 0 Å². The van der Waals surface area contributed by atoms with Gasteiger partial charge in [0.2, 0.25) is 6.29 Å². The second kappa shape index (κ2) is 21.3. The quantitative estimate of drug-likeness (QED) is 0.0970. The van der Waals surface area contributed by atoms with Crippen molar-refractivity contribution in [1.82, 2.24) is 4.90 Å². The number of likely N-dealkylation sites (N-methyl/N-ethyl adjacent to an activating group) is 1. The molecule has 0 radical (unpaired) electrons. The van der Waals surface area contributed by atoms with Crippen molar-refractivity contribution in [3.8, 4) is 0 Å². The van der Waals surface area contributed by atoms with Gasteiger partial charge in [0.25, 0.3) is 0 Å². The fourth-order valence-corrected chi connectivity index (χ4v) is 4.39. The fourth-order valence-electron chi connectivity index (χ4n) is 4.39. The zero-order chi connectivity index (χ0) is 27.3. The Morgan fingerprint density at radius 3 is 1.70 bits per heavy atom. The first-order valence-corrected chi connectivity index (χ1v) is 14.7. The fraction of sp³-hybridized carbons (Fsp3) is 0.897. The van der Waals surface area contributed by atoms with Crippen molar-refractivity contribution in [2.45, 2.75) is 141 Å². The first-order chi connectivity index (χ1) is 17.8. The van der Waals surface area contributed by atoms with Crippen molar-refractivity contribution in [3.05, 3.63) is 0 Å². The molecular formula is C29H53NO7. The molecule has 1 saturated heterocycles. The maximum Gasteiger partial charge on any atom is 0.320 e. The molecule has 0 spiro atoms. The van der Waals surface area contributed by atoms with E-state index in [-0.39, 0.29) is 37.5 Å². The predicted molar refractivity (Wildman–Crippen MR) is 144 cm³/mol. The van der Waals surface area contributed by atoms with E-state index in [0.29, 0.717) is 12.8 Å². The number of carbonyl (C=O) groups excluding carboxylic acids is 3. The molecule has 0 saturated carbocycles. The summed E-state index contributed by atoms with van der Waals surface area (Å²) in [6.07, 6.45) is 14.6. The molecule has 1 aliphatic rings. The lowest BCUT2D eigenvalue weighted by atomic mass is 10.1. The van der Waals surface area contributed by atoms with Crippen molar-refractivity contribution >= 4 is 17.9 Å². The Labute approximate surface area is 225 Å². The number of nitrogens with zero attached hydrogens (tertiary/aromatic N) is 1. The summed E-state index contributed by atoms with van der Waals surface area (Å²) < 4.78 is 22.4. The van der Waals surface area contributed by atoms with Gasteiger partial charge in [0.05, 0.1) is 13.0 Å². The van der Waals surface area contributed by atoms with E-state index in [1.807, 2.05) is 0 Å². The Bertz CT molecular complexity index is 625. The van der Waals surface area contributed by atoms with Crippen molar-refractivity contribution in [1.29, 1.82) is 0 Å². The molecular weight excluding hydrogens is 474 g/mol. The van der Waals surface area contributed by atoms with Crippen molar-refractivity contribution in [3.63, 3.8) is 0 Å². The van der Waals surface area contributed by atoms with Crippen LogP contribution < -0.4 is 0 Å². The summed E-state index contributed by atoms with van der Waals surface area (Å²) in [6, 6.07) is 0. The molecule has 0 aromatic carbocycles. The summed E-state index contributed by atoms with van der Waals surface area (Å²) in [5.74, 6) is -0.986. The van der Waals surface area contributed by atoms with Crippen molar-refractivity contribution in [2.75, 3.05) is 27.2 Å². The molecule has 1 aliphatic heterocycles. The largest absolute Gasteiger partial charge is 0.462 e. The maximum atomic E-state index is 12.5. The normalized spacial score (nSPS) is 19.2. The molecule has 0 aromatic heterocycles. The van der Waals surface area contributed by atoms with Crippen LogP contribution in [0.1, 0.15) is 123 Å². The molecule has 8 nitrogen and oxygen atoms in total. The first kappa shape index (κ1) is 33.4. The number of hydrogen-bond acceptors (Lipinski definition) is 8. The number of esters is 3. The molecule has 0 N–H and O–H groups in total. The lowest BCUT2D eigenvalue weighted by molar-refractivity contribution is -0.182. The molecule has 0 amide bonds. The van der Waals surface area contributed by atoms with Gasteiger partial charge in [-0.2, -0.15) is 0 Å². The smallest absolute Gasteiger partial charge is 0.320 e. The third kappa shape index (κ3) is 17.5. The third-order valence-electron chi connectivity index (χ3n) is 6.53. The molecule has 8 heteroatoms. The van der Waals surface area contributed by atoms with E-state index in [9.17, 15) is 14.4 Å². The van der Waals surface area contributed by atoms with Crippen LogP contribution in [0, 0.1) is 0 Å². The highest BCUT2D eigenvalue weighted by Gasteiger charge is 2.40. The van der Waals surface area contributed by atoms with E-state index in [4.69, 9.17) is 18.9 Å². The highest BCUT2D eigenvalue weighted by atomic mass is 16.7. The summed E-state index contributed by atoms with van der Waals surface area (Å²) in [7, 11) is 3.56. The number of carbonyl (C=O) groups is 3. The van der Waals surface area contributed by atoms with Crippen LogP contribution in [0.15, 0.2) is 0 Å². The van der Waals surface area contributed by atoms with Crippen LogP contribution in [-0.4, -0.2) is 68.6 Å². The maximum absolute atomic E-state index is 12.5. The van der Waals surface area contributed by atoms with Crippen molar-refractivity contribution in [2.24, 2.45) is 0 Å². The molecule has 216 valence electrons. The van der Waals surface area contributed by atoms with Crippen LogP contribution >= 0.6 is 0 Å². The molecule has 1 rings (SSSR count). The lowest BCUT2D eigenvalue weighted by Gasteiger charge is -2.19. The highest BCUT2D eigenvalue weighted by molar-refractivity contribution is 5.71. The van der Waals surface area contributed by atoms with E-state index < -0.39 is 18.5 Å². The topological polar surface area (TPSA) is 91.4 Å². The molecule has 0 unspecified atom stereocenters. The standard InChI is InChI=1S/C29H53NO7/c1-5-7-9-11-13-15-17-19-26(31)35-24-21-29(36-25(24)23-34-28(33)22-30(3)4)37-27(32)20-18-16-14-12-10-8-6-2/h24-25,29H,5-23H2,1-4H3/t24-,25-,29+/m1/s1. The number of hydrogen-bond donors (Lipinski definition) is 0. The number of rotatable bonds is 22. The summed E-state index contributed by atoms with van der Waals surface area (Å²) in [5.41, 5.74) is 0. The molecule has 1 fully saturated rings. The van der Waals surface area contributed by atoms with Crippen LogP contribution in [-0.2, 0) is 33.3 Å². The minimum Gasteiger partial charge on any atom is -0.462 e. The van der Waals surface area contributed by atoms with Crippen LogP contribution in [0.2, 0.25) is 0 Å². The zero-order valence-corrected chi connectivity index (χ0v) is 24.0. The lowest BCUT2D eigenvalue weighted by Crippen LogP contribution is -2.34. The van der Waals surface area contributed by atoms with E-state index in [0.717, 1.165) is 38.5 Å². The second-order valence-corrected chi connectivity index (χ2v) is 10.5. The number of ether oxygens (including phenoxy) is 4. The number of unbranched alkanes of at least 4 members (excludes halogenated alkanes) is 12. The summed E-state index contributed by atoms with van der Waals surface area (Å²) >= 11 is 0. The van der Waals surface area contributed by atoms with Gasteiger partial charge in [-0.3, -0.25) is 19.3 Å². The third-order valence-corrected chi connectivity index (χ3v) is 6.53. The minimum atomic E-state index is -0.800. The van der Waals surface area contributed by atoms with Gasteiger partial charge < -0.3 is 18.9 Å². The predicted octanol–water partition coefficient (Wildman–Crippen LogP) is 5.94. The molecule has 0 bridgehead atoms. The Balaban J connectivity index is 2.44. The Morgan fingerprint density at radius 1 is 0.703 bits per heavy atom. The summed E-state index contributed by atoms with van der Waals surface area (Å²) in [5, 5.41) is 0. The van der Waals surface area contributed by atoms with Gasteiger partial charge in [-0.25, -0.2) is 0 Å². The van der Waals surface area contributed by atoms with Crippen LogP contribution in [0.4, 0.5) is 0 Å². The Morgan fingerprint density at radius 2 is 1.19 bits per heavy atom. The Hall–Kier alpha value is -1.67. The SMILES string of the molecule is CCCCCCCCCC(=O)O[C@H]1C[C@@H](OC(=O)CCCCCCCCC)[C@@H](COC(=O)CN(C)C)O1. The molecule has 0 aromatic rings. The van der Waals surface area contributed by atoms with E-state index >= 15 is 0 Å². The minimum absolute atomic E-state index is 0.0478. The molecule has 1 heterocycles. The van der Waals surface area contributed by atoms with Gasteiger partial charge in [-0.15, -0.1) is 0 Å². The summed E-state index contributed by atoms with van der Waals surface area (Å²) in [4.78, 5) is 38.5. The molecule has 3 atom stereocenters. The Kier molecular flexibility index (Phi) is 19.2. The zero-order valence-electron chi connectivity index (χ0n) is 24.0. The average Bonchev–Trinajstić information content (AvgIpc) is 3.21. The van der Waals surface area contributed by atoms with Gasteiger partial charge in [-0.1, -0.05) is 90.9 Å². The van der Waals surface area contributed by atoms with E-state index in [1.54, 1.807) is 19.0 Å². The van der Waals surface area contributed by atoms with Gasteiger partial charge >= 0.3 is 17.9 Å². The van der Waals surface area contributed by atoms with Gasteiger partial charge in [-0.05, 0) is 26.9 Å². The van der Waals surface area contributed by atoms with Crippen LogP contribution in [0.3, 0.4) is 0 Å². The van der Waals surface area contributed by atoms with Crippen molar-refractivity contribution < 1.29 is 33.3 Å². The van der Waals surface area contributed by atoms with E-state index in [2.05, 4.69) is 13.8 Å². The van der Waals surface area contributed by atoms with Crippen LogP contribution in [0.5, 0.6) is 0 Å². The van der Waals surface area contributed by atoms with Gasteiger partial charge in [0.1, 0.15) is 18.8 Å².